The topological polar surface area (TPSA) is 313 Å². The van der Waals surface area contributed by atoms with Gasteiger partial charge in [-0.05, 0) is 31.6 Å². The van der Waals surface area contributed by atoms with Gasteiger partial charge in [-0.15, -0.1) is 5.06 Å². The summed E-state index contributed by atoms with van der Waals surface area (Å²) in [6.07, 6.45) is -9.84. The van der Waals surface area contributed by atoms with Crippen LogP contribution in [-0.2, 0) is 28.8 Å². The number of carbonyl (C=O) groups is 4. The van der Waals surface area contributed by atoms with Gasteiger partial charge in [0.25, 0.3) is 5.91 Å². The lowest BCUT2D eigenvalue weighted by atomic mass is 9.54. The molecule has 4 aliphatic rings. The maximum Gasteiger partial charge on any atom is 0.255 e. The van der Waals surface area contributed by atoms with Crippen molar-refractivity contribution >= 4 is 34.8 Å². The van der Waals surface area contributed by atoms with Gasteiger partial charge in [-0.3, -0.25) is 28.9 Å². The molecule has 1 heterocycles. The Hall–Kier alpha value is -4.02. The number of hydroxylamine groups is 2. The molecule has 0 aromatic heterocycles. The Labute approximate surface area is 284 Å². The number of anilines is 1. The number of rotatable bonds is 8. The Kier molecular flexibility index (Phi) is 9.88. The molecule has 1 aromatic carbocycles. The zero-order chi connectivity index (χ0) is 37.3. The van der Waals surface area contributed by atoms with Gasteiger partial charge >= 0.3 is 0 Å². The summed E-state index contributed by atoms with van der Waals surface area (Å²) in [7, 11) is 3.91. The number of hydrogen-bond acceptors (Lipinski definition) is 17. The van der Waals surface area contributed by atoms with Crippen molar-refractivity contribution in [2.45, 2.75) is 61.2 Å². The number of fused-ring (bicyclic) bond motifs is 3. The van der Waals surface area contributed by atoms with Crippen LogP contribution in [0.25, 0.3) is 5.76 Å². The van der Waals surface area contributed by atoms with Crippen LogP contribution in [-0.4, -0.2) is 162 Å². The van der Waals surface area contributed by atoms with Crippen LogP contribution in [0.2, 0.25) is 0 Å². The zero-order valence-corrected chi connectivity index (χ0v) is 27.3. The van der Waals surface area contributed by atoms with Crippen molar-refractivity contribution in [3.8, 4) is 5.75 Å². The molecule has 0 radical (unpaired) electrons. The predicted molar refractivity (Wildman–Crippen MR) is 166 cm³/mol. The molecule has 1 saturated carbocycles. The predicted octanol–water partition coefficient (Wildman–Crippen LogP) is -3.90. The molecule has 12 N–H and O–H groups in total. The summed E-state index contributed by atoms with van der Waals surface area (Å²) in [6, 6.07) is 1.15. The number of ether oxygens (including phenoxy) is 1. The standard InChI is InChI=1S/C31H40N4O15/c1-9-10-5-6-11(33-13(37)7-35(49-4)30-26(44)25(43)21(39)12(8-36)50-30)20(38)15(10)22(40)16-14(9)23(41)18-19(34(2)3)24(42)17(29(32)47)28(46)31(18,48)27(16)45/h5-6,9,12,14,18-19,21,23,25-26,30,36,38-41,43-44,46,48H,7-8H2,1-4H3,(H2,32,47)(H,33,37)/t9-,12+,14+,18+,19-,21+,23-,25-,26-,30?,31-/m0/s1. The lowest BCUT2D eigenvalue weighted by Gasteiger charge is -2.53. The number of nitrogens with one attached hydrogen (secondary N) is 1. The summed E-state index contributed by atoms with van der Waals surface area (Å²) in [5.74, 6) is -11.7. The number of ketones is 2. The third-order valence-corrected chi connectivity index (χ3v) is 10.1. The molecule has 274 valence electrons. The van der Waals surface area contributed by atoms with E-state index in [0.29, 0.717) is 0 Å². The van der Waals surface area contributed by atoms with Crippen molar-refractivity contribution in [1.29, 1.82) is 0 Å². The van der Waals surface area contributed by atoms with Gasteiger partial charge in [-0.25, -0.2) is 0 Å². The number of hydrogen-bond donors (Lipinski definition) is 11. The first-order valence-corrected chi connectivity index (χ1v) is 15.5. The number of aromatic hydroxyl groups is 1. The second kappa shape index (κ2) is 13.3. The van der Waals surface area contributed by atoms with Crippen molar-refractivity contribution in [3.05, 3.63) is 40.2 Å². The van der Waals surface area contributed by atoms with E-state index in [1.54, 1.807) is 6.92 Å². The molecule has 5 rings (SSSR count). The number of nitrogens with zero attached hydrogens (tertiary/aromatic N) is 2. The highest BCUT2D eigenvalue weighted by Crippen LogP contribution is 2.56. The fourth-order valence-corrected chi connectivity index (χ4v) is 7.63. The van der Waals surface area contributed by atoms with Gasteiger partial charge in [0.15, 0.2) is 17.6 Å². The SMILES string of the molecule is CON(CC(=O)Nc1ccc2c(c1O)C(O)=C1C(=O)[C@]3(O)C(O)=C(C(N)=O)C(=O)[C@@H](N(C)C)[C@@H]3[C@@H](O)[C@@H]1[C@H]2C)C1O[C@H](CO)[C@@H](O)[C@H](O)[C@@H]1O. The molecule has 3 aliphatic carbocycles. The molecule has 1 aromatic rings. The molecular weight excluding hydrogens is 668 g/mol. The van der Waals surface area contributed by atoms with Gasteiger partial charge in [0.2, 0.25) is 11.7 Å². The number of likely N-dealkylation sites (N-methyl/N-ethyl adjacent to an activating group) is 1. The summed E-state index contributed by atoms with van der Waals surface area (Å²) in [5, 5.41) is 101. The molecule has 1 unspecified atom stereocenters. The second-order valence-corrected chi connectivity index (χ2v) is 13.0. The lowest BCUT2D eigenvalue weighted by Crippen LogP contribution is -2.70. The van der Waals surface area contributed by atoms with Crippen molar-refractivity contribution in [3.63, 3.8) is 0 Å². The average Bonchev–Trinajstić information content (AvgIpc) is 3.05. The molecule has 1 aliphatic heterocycles. The largest absolute Gasteiger partial charge is 0.508 e. The average molecular weight is 709 g/mol. The maximum atomic E-state index is 14.2. The number of Topliss-reactive ketones (excluding diaryl/α,β-unsaturated/α-hetero) is 2. The van der Waals surface area contributed by atoms with Gasteiger partial charge < -0.3 is 61.7 Å². The Balaban J connectivity index is 1.52. The van der Waals surface area contributed by atoms with Gasteiger partial charge in [0.05, 0.1) is 43.0 Å². The number of aliphatic hydroxyl groups excluding tert-OH is 7. The summed E-state index contributed by atoms with van der Waals surface area (Å²) in [5.41, 5.74) is 0.101. The van der Waals surface area contributed by atoms with Crippen molar-refractivity contribution in [2.24, 2.45) is 17.6 Å². The first-order chi connectivity index (χ1) is 23.4. The first kappa shape index (κ1) is 37.2. The summed E-state index contributed by atoms with van der Waals surface area (Å²) < 4.78 is 5.41. The van der Waals surface area contributed by atoms with E-state index in [1.165, 1.54) is 31.1 Å². The van der Waals surface area contributed by atoms with E-state index in [2.05, 4.69) is 5.32 Å². The van der Waals surface area contributed by atoms with Gasteiger partial charge in [-0.2, -0.15) is 0 Å². The number of carbonyl (C=O) groups excluding carboxylic acids is 4. The van der Waals surface area contributed by atoms with Crippen LogP contribution in [0.4, 0.5) is 5.69 Å². The normalized spacial score (nSPS) is 35.6. The molecular formula is C31H40N4O15. The molecule has 50 heavy (non-hydrogen) atoms. The number of amides is 2. The minimum absolute atomic E-state index is 0.199. The zero-order valence-electron chi connectivity index (χ0n) is 27.3. The molecule has 1 saturated heterocycles. The van der Waals surface area contributed by atoms with Crippen molar-refractivity contribution in [2.75, 3.05) is 39.7 Å². The van der Waals surface area contributed by atoms with E-state index >= 15 is 0 Å². The van der Waals surface area contributed by atoms with Gasteiger partial charge in [-0.1, -0.05) is 13.0 Å². The van der Waals surface area contributed by atoms with E-state index in [9.17, 15) is 65.1 Å². The van der Waals surface area contributed by atoms with E-state index in [0.717, 1.165) is 12.2 Å². The minimum Gasteiger partial charge on any atom is -0.508 e. The van der Waals surface area contributed by atoms with Crippen LogP contribution in [0.3, 0.4) is 0 Å². The van der Waals surface area contributed by atoms with Gasteiger partial charge in [0.1, 0.15) is 53.8 Å². The fraction of sp³-hybridized carbons (Fsp3) is 0.548. The Morgan fingerprint density at radius 1 is 1.04 bits per heavy atom. The molecule has 11 atom stereocenters. The summed E-state index contributed by atoms with van der Waals surface area (Å²) in [6.45, 7) is 0.103. The Bertz CT molecular complexity index is 1680. The van der Waals surface area contributed by atoms with Crippen LogP contribution >= 0.6 is 0 Å². The number of aliphatic hydroxyl groups is 8. The van der Waals surface area contributed by atoms with Crippen LogP contribution in [0.5, 0.6) is 5.75 Å². The summed E-state index contributed by atoms with van der Waals surface area (Å²) >= 11 is 0. The molecule has 19 heteroatoms. The minimum atomic E-state index is -3.10. The lowest BCUT2D eigenvalue weighted by molar-refractivity contribution is -0.325. The molecule has 19 nitrogen and oxygen atoms in total. The fourth-order valence-electron chi connectivity index (χ4n) is 7.63. The van der Waals surface area contributed by atoms with E-state index in [1.807, 2.05) is 0 Å². The number of phenolic OH excluding ortho intramolecular Hbond substituents is 1. The Morgan fingerprint density at radius 2 is 1.68 bits per heavy atom. The number of primary amides is 1. The number of phenols is 1. The monoisotopic (exact) mass is 708 g/mol. The summed E-state index contributed by atoms with van der Waals surface area (Å²) in [4.78, 5) is 59.2. The number of benzene rings is 1. The maximum absolute atomic E-state index is 14.2. The van der Waals surface area contributed by atoms with E-state index in [-0.39, 0.29) is 16.8 Å². The smallest absolute Gasteiger partial charge is 0.255 e. The number of nitrogens with two attached hydrogens (primary N) is 1. The van der Waals surface area contributed by atoms with Crippen LogP contribution in [0, 0.1) is 11.8 Å². The molecule has 2 amide bonds. The quantitative estimate of drug-likeness (QED) is 0.0698. The second-order valence-electron chi connectivity index (χ2n) is 13.0. The van der Waals surface area contributed by atoms with Crippen molar-refractivity contribution < 1.29 is 74.7 Å². The van der Waals surface area contributed by atoms with E-state index < -0.39 is 131 Å². The van der Waals surface area contributed by atoms with Crippen LogP contribution in [0.15, 0.2) is 29.0 Å². The molecule has 0 bridgehead atoms. The highest BCUT2D eigenvalue weighted by Gasteiger charge is 2.68. The van der Waals surface area contributed by atoms with E-state index in [4.69, 9.17) is 15.3 Å². The third kappa shape index (κ3) is 5.37. The van der Waals surface area contributed by atoms with Crippen LogP contribution in [0.1, 0.15) is 24.0 Å². The Morgan fingerprint density at radius 3 is 2.24 bits per heavy atom. The molecule has 0 spiro atoms. The van der Waals surface area contributed by atoms with Crippen LogP contribution < -0.4 is 11.1 Å². The molecule has 2 fully saturated rings. The van der Waals surface area contributed by atoms with Crippen molar-refractivity contribution in [1.82, 2.24) is 9.96 Å². The highest BCUT2D eigenvalue weighted by molar-refractivity contribution is 6.24. The first-order valence-electron chi connectivity index (χ1n) is 15.5. The highest BCUT2D eigenvalue weighted by atomic mass is 16.7. The third-order valence-electron chi connectivity index (χ3n) is 10.1. The van der Waals surface area contributed by atoms with Gasteiger partial charge in [0, 0.05) is 11.5 Å².